The highest BCUT2D eigenvalue weighted by Crippen LogP contribution is 2.49. The van der Waals surface area contributed by atoms with E-state index < -0.39 is 0 Å². The van der Waals surface area contributed by atoms with Gasteiger partial charge in [-0.25, -0.2) is 4.39 Å². The van der Waals surface area contributed by atoms with Crippen LogP contribution in [0.4, 0.5) is 10.1 Å². The topological polar surface area (TPSA) is 56.7 Å². The molecule has 0 bridgehead atoms. The third-order valence-electron chi connectivity index (χ3n) is 6.70. The number of nitrogens with zero attached hydrogens (tertiary/aromatic N) is 3. The fourth-order valence-electron chi connectivity index (χ4n) is 5.19. The number of aromatic nitrogens is 1. The number of likely N-dealkylation sites (tertiary alicyclic amines) is 1. The summed E-state index contributed by atoms with van der Waals surface area (Å²) in [5.74, 6) is -0.185. The lowest BCUT2D eigenvalue weighted by Gasteiger charge is -2.44. The average Bonchev–Trinajstić information content (AvgIpc) is 3.24. The Labute approximate surface area is 180 Å². The van der Waals surface area contributed by atoms with Crippen molar-refractivity contribution in [3.05, 3.63) is 83.9 Å². The highest BCUT2D eigenvalue weighted by Gasteiger charge is 2.47. The molecule has 1 amide bonds. The molecule has 158 valence electrons. The average molecular weight is 417 g/mol. The van der Waals surface area contributed by atoms with Crippen LogP contribution in [0.25, 0.3) is 11.1 Å². The summed E-state index contributed by atoms with van der Waals surface area (Å²) in [5, 5.41) is 10.1. The SMILES string of the molecule is CN1c2ccc(-c3cccc(F)c3)cc2[C@@H]2[C@@H](CCN2C(=O)c2ccncc2)[C@@H]1CO. The molecule has 2 aliphatic rings. The number of fused-ring (bicyclic) bond motifs is 3. The number of hydrogen-bond acceptors (Lipinski definition) is 4. The maximum Gasteiger partial charge on any atom is 0.254 e. The Balaban J connectivity index is 1.61. The molecule has 31 heavy (non-hydrogen) atoms. The number of anilines is 1. The van der Waals surface area contributed by atoms with Crippen molar-refractivity contribution in [2.75, 3.05) is 25.1 Å². The van der Waals surface area contributed by atoms with Crippen molar-refractivity contribution in [1.29, 1.82) is 0 Å². The summed E-state index contributed by atoms with van der Waals surface area (Å²) < 4.78 is 13.8. The monoisotopic (exact) mass is 417 g/mol. The molecule has 0 saturated carbocycles. The minimum atomic E-state index is -0.277. The fraction of sp³-hybridized carbons (Fsp3) is 0.280. The van der Waals surface area contributed by atoms with E-state index in [2.05, 4.69) is 16.0 Å². The number of hydrogen-bond donors (Lipinski definition) is 1. The standard InChI is InChI=1S/C25H24FN3O2/c1-28-22-6-5-18(17-3-2-4-19(26)13-17)14-21(22)24-20(23(28)15-30)9-12-29(24)25(31)16-7-10-27-11-8-16/h2-8,10-11,13-14,20,23-24,30H,9,12,15H2,1H3/t20-,23-,24-/m0/s1. The first-order chi connectivity index (χ1) is 15.1. The van der Waals surface area contributed by atoms with Crippen molar-refractivity contribution in [3.63, 3.8) is 0 Å². The number of carbonyl (C=O) groups is 1. The van der Waals surface area contributed by atoms with Gasteiger partial charge in [-0.3, -0.25) is 9.78 Å². The Hall–Kier alpha value is -3.25. The lowest BCUT2D eigenvalue weighted by atomic mass is 9.81. The molecule has 3 heterocycles. The minimum Gasteiger partial charge on any atom is -0.394 e. The number of halogens is 1. The Kier molecular flexibility index (Phi) is 4.94. The van der Waals surface area contributed by atoms with E-state index in [9.17, 15) is 14.3 Å². The first-order valence-electron chi connectivity index (χ1n) is 10.5. The number of amides is 1. The highest BCUT2D eigenvalue weighted by molar-refractivity contribution is 5.95. The van der Waals surface area contributed by atoms with Crippen molar-refractivity contribution in [1.82, 2.24) is 9.88 Å². The van der Waals surface area contributed by atoms with Gasteiger partial charge < -0.3 is 14.9 Å². The van der Waals surface area contributed by atoms with Gasteiger partial charge in [0.15, 0.2) is 0 Å². The number of rotatable bonds is 3. The zero-order valence-corrected chi connectivity index (χ0v) is 17.3. The van der Waals surface area contributed by atoms with Crippen LogP contribution in [-0.4, -0.2) is 47.1 Å². The quantitative estimate of drug-likeness (QED) is 0.702. The highest BCUT2D eigenvalue weighted by atomic mass is 19.1. The molecular formula is C25H24FN3O2. The van der Waals surface area contributed by atoms with Crippen molar-refractivity contribution in [2.45, 2.75) is 18.5 Å². The number of benzene rings is 2. The molecular weight excluding hydrogens is 393 g/mol. The van der Waals surface area contributed by atoms with Crippen molar-refractivity contribution >= 4 is 11.6 Å². The van der Waals surface area contributed by atoms with Gasteiger partial charge in [0.2, 0.25) is 0 Å². The summed E-state index contributed by atoms with van der Waals surface area (Å²) >= 11 is 0. The van der Waals surface area contributed by atoms with Gasteiger partial charge in [0.05, 0.1) is 18.7 Å². The lowest BCUT2D eigenvalue weighted by Crippen LogP contribution is -2.48. The second kappa shape index (κ2) is 7.78. The maximum atomic E-state index is 13.8. The van der Waals surface area contributed by atoms with Crippen LogP contribution in [0.3, 0.4) is 0 Å². The molecule has 2 aromatic carbocycles. The van der Waals surface area contributed by atoms with Gasteiger partial charge in [-0.2, -0.15) is 0 Å². The maximum absolute atomic E-state index is 13.8. The van der Waals surface area contributed by atoms with Crippen LogP contribution in [0.1, 0.15) is 28.4 Å². The molecule has 3 aromatic rings. The van der Waals surface area contributed by atoms with Crippen molar-refractivity contribution < 1.29 is 14.3 Å². The summed E-state index contributed by atoms with van der Waals surface area (Å²) in [4.78, 5) is 21.4. The summed E-state index contributed by atoms with van der Waals surface area (Å²) in [7, 11) is 1.99. The van der Waals surface area contributed by atoms with E-state index >= 15 is 0 Å². The predicted molar refractivity (Wildman–Crippen MR) is 117 cm³/mol. The van der Waals surface area contributed by atoms with E-state index in [0.29, 0.717) is 12.1 Å². The van der Waals surface area contributed by atoms with Crippen LogP contribution in [0.5, 0.6) is 0 Å². The molecule has 1 saturated heterocycles. The van der Waals surface area contributed by atoms with E-state index in [-0.39, 0.29) is 36.3 Å². The van der Waals surface area contributed by atoms with E-state index in [1.807, 2.05) is 30.1 Å². The lowest BCUT2D eigenvalue weighted by molar-refractivity contribution is 0.0694. The molecule has 0 radical (unpaired) electrons. The molecule has 0 aliphatic carbocycles. The second-order valence-corrected chi connectivity index (χ2v) is 8.28. The normalized spacial score (nSPS) is 22.2. The van der Waals surface area contributed by atoms with Gasteiger partial charge in [-0.1, -0.05) is 18.2 Å². The smallest absolute Gasteiger partial charge is 0.254 e. The molecule has 0 unspecified atom stereocenters. The molecule has 1 aromatic heterocycles. The number of likely N-dealkylation sites (N-methyl/N-ethyl adjacent to an activating group) is 1. The van der Waals surface area contributed by atoms with Gasteiger partial charge in [-0.05, 0) is 59.5 Å². The molecule has 3 atom stereocenters. The van der Waals surface area contributed by atoms with Crippen molar-refractivity contribution in [2.24, 2.45) is 5.92 Å². The van der Waals surface area contributed by atoms with Crippen LogP contribution < -0.4 is 4.90 Å². The van der Waals surface area contributed by atoms with Gasteiger partial charge >= 0.3 is 0 Å². The predicted octanol–water partition coefficient (Wildman–Crippen LogP) is 3.90. The minimum absolute atomic E-state index is 0.0278. The third-order valence-corrected chi connectivity index (χ3v) is 6.70. The molecule has 0 spiro atoms. The van der Waals surface area contributed by atoms with Gasteiger partial charge in [-0.15, -0.1) is 0 Å². The van der Waals surface area contributed by atoms with Crippen LogP contribution >= 0.6 is 0 Å². The number of pyridine rings is 1. The van der Waals surface area contributed by atoms with Gasteiger partial charge in [0.25, 0.3) is 5.91 Å². The summed E-state index contributed by atoms with van der Waals surface area (Å²) in [6.45, 7) is 0.657. The molecule has 1 fully saturated rings. The molecule has 2 aliphatic heterocycles. The fourth-order valence-corrected chi connectivity index (χ4v) is 5.19. The summed E-state index contributed by atoms with van der Waals surface area (Å²) in [6, 6.07) is 15.9. The van der Waals surface area contributed by atoms with Crippen LogP contribution in [0, 0.1) is 11.7 Å². The molecule has 5 nitrogen and oxygen atoms in total. The second-order valence-electron chi connectivity index (χ2n) is 8.28. The van der Waals surface area contributed by atoms with E-state index in [4.69, 9.17) is 0 Å². The zero-order valence-electron chi connectivity index (χ0n) is 17.3. The Bertz CT molecular complexity index is 1120. The van der Waals surface area contributed by atoms with E-state index in [0.717, 1.165) is 28.8 Å². The van der Waals surface area contributed by atoms with E-state index in [1.165, 1.54) is 12.1 Å². The molecule has 1 N–H and O–H groups in total. The van der Waals surface area contributed by atoms with E-state index in [1.54, 1.807) is 30.6 Å². The summed E-state index contributed by atoms with van der Waals surface area (Å²) in [6.07, 6.45) is 4.07. The van der Waals surface area contributed by atoms with Crippen molar-refractivity contribution in [3.8, 4) is 11.1 Å². The Morgan fingerprint density at radius 1 is 1.13 bits per heavy atom. The Morgan fingerprint density at radius 3 is 2.65 bits per heavy atom. The van der Waals surface area contributed by atoms with Crippen LogP contribution in [-0.2, 0) is 0 Å². The third kappa shape index (κ3) is 3.27. The number of carbonyl (C=O) groups excluding carboxylic acids is 1. The largest absolute Gasteiger partial charge is 0.394 e. The van der Waals surface area contributed by atoms with Crippen LogP contribution in [0.2, 0.25) is 0 Å². The molecule has 6 heteroatoms. The summed E-state index contributed by atoms with van der Waals surface area (Å²) in [5.41, 5.74) is 4.36. The number of aliphatic hydroxyl groups is 1. The van der Waals surface area contributed by atoms with Crippen LogP contribution in [0.15, 0.2) is 67.0 Å². The number of aliphatic hydroxyl groups excluding tert-OH is 1. The molecule has 5 rings (SSSR count). The van der Waals surface area contributed by atoms with Gasteiger partial charge in [0.1, 0.15) is 5.82 Å². The first-order valence-corrected chi connectivity index (χ1v) is 10.5. The van der Waals surface area contributed by atoms with Gasteiger partial charge in [0, 0.05) is 43.2 Å². The first kappa shape index (κ1) is 19.7. The zero-order chi connectivity index (χ0) is 21.5. The Morgan fingerprint density at radius 2 is 1.90 bits per heavy atom.